The zero-order valence-electron chi connectivity index (χ0n) is 8.54. The maximum absolute atomic E-state index is 11.4. The van der Waals surface area contributed by atoms with Gasteiger partial charge in [0, 0.05) is 6.42 Å². The number of aliphatic hydroxyl groups excluding tert-OH is 1. The number of amides is 1. The number of carbonyl (C=O) groups is 1. The first-order valence-corrected chi connectivity index (χ1v) is 5.38. The predicted octanol–water partition coefficient (Wildman–Crippen LogP) is 0.350. The summed E-state index contributed by atoms with van der Waals surface area (Å²) in [6, 6.07) is 0. The standard InChI is InChI=1S/C10H20N2O2/c11-9(7-13)12-10(14)6-8-4-2-1-3-5-8/h8-9,13H,1-7,11H2,(H,12,14). The third-order valence-corrected chi connectivity index (χ3v) is 2.74. The van der Waals surface area contributed by atoms with E-state index in [1.807, 2.05) is 0 Å². The molecule has 1 atom stereocenters. The zero-order valence-corrected chi connectivity index (χ0v) is 8.54. The number of hydrogen-bond acceptors (Lipinski definition) is 3. The van der Waals surface area contributed by atoms with Crippen molar-refractivity contribution in [1.29, 1.82) is 0 Å². The van der Waals surface area contributed by atoms with E-state index < -0.39 is 6.17 Å². The van der Waals surface area contributed by atoms with E-state index in [2.05, 4.69) is 5.32 Å². The Hall–Kier alpha value is -0.610. The largest absolute Gasteiger partial charge is 0.393 e. The first kappa shape index (κ1) is 11.5. The molecule has 82 valence electrons. The summed E-state index contributed by atoms with van der Waals surface area (Å²) in [5, 5.41) is 11.2. The Morgan fingerprint density at radius 2 is 2.07 bits per heavy atom. The number of nitrogens with two attached hydrogens (primary N) is 1. The van der Waals surface area contributed by atoms with Crippen LogP contribution in [0.3, 0.4) is 0 Å². The molecule has 1 aliphatic rings. The highest BCUT2D eigenvalue weighted by Crippen LogP contribution is 2.25. The molecular weight excluding hydrogens is 180 g/mol. The van der Waals surface area contributed by atoms with Crippen molar-refractivity contribution in [3.63, 3.8) is 0 Å². The van der Waals surface area contributed by atoms with Crippen molar-refractivity contribution in [1.82, 2.24) is 5.32 Å². The van der Waals surface area contributed by atoms with Crippen LogP contribution in [0.25, 0.3) is 0 Å². The molecule has 0 bridgehead atoms. The van der Waals surface area contributed by atoms with Crippen molar-refractivity contribution >= 4 is 5.91 Å². The van der Waals surface area contributed by atoms with E-state index in [1.165, 1.54) is 19.3 Å². The van der Waals surface area contributed by atoms with Crippen LogP contribution in [-0.2, 0) is 4.79 Å². The summed E-state index contributed by atoms with van der Waals surface area (Å²) >= 11 is 0. The van der Waals surface area contributed by atoms with Gasteiger partial charge in [0.15, 0.2) is 0 Å². The smallest absolute Gasteiger partial charge is 0.221 e. The monoisotopic (exact) mass is 200 g/mol. The van der Waals surface area contributed by atoms with E-state index in [-0.39, 0.29) is 12.5 Å². The summed E-state index contributed by atoms with van der Waals surface area (Å²) in [6.45, 7) is -0.198. The molecule has 1 rings (SSSR count). The second-order valence-corrected chi connectivity index (χ2v) is 4.06. The fourth-order valence-corrected chi connectivity index (χ4v) is 1.96. The van der Waals surface area contributed by atoms with E-state index in [9.17, 15) is 4.79 Å². The molecule has 4 heteroatoms. The quantitative estimate of drug-likeness (QED) is 0.573. The van der Waals surface area contributed by atoms with E-state index >= 15 is 0 Å². The van der Waals surface area contributed by atoms with Gasteiger partial charge in [0.05, 0.1) is 6.61 Å². The van der Waals surface area contributed by atoms with Crippen molar-refractivity contribution in [3.8, 4) is 0 Å². The number of rotatable bonds is 4. The molecule has 1 unspecified atom stereocenters. The van der Waals surface area contributed by atoms with Crippen LogP contribution in [0.15, 0.2) is 0 Å². The van der Waals surface area contributed by atoms with Gasteiger partial charge in [0.25, 0.3) is 0 Å². The number of carbonyl (C=O) groups excluding carboxylic acids is 1. The molecule has 0 aromatic carbocycles. The molecule has 4 N–H and O–H groups in total. The van der Waals surface area contributed by atoms with Gasteiger partial charge in [-0.2, -0.15) is 0 Å². The first-order valence-electron chi connectivity index (χ1n) is 5.38. The lowest BCUT2D eigenvalue weighted by molar-refractivity contribution is -0.123. The molecule has 0 radical (unpaired) electrons. The molecule has 1 aliphatic carbocycles. The van der Waals surface area contributed by atoms with Crippen molar-refractivity contribution in [2.24, 2.45) is 11.7 Å². The molecule has 0 heterocycles. The van der Waals surface area contributed by atoms with Crippen LogP contribution in [0.4, 0.5) is 0 Å². The Morgan fingerprint density at radius 1 is 1.43 bits per heavy atom. The lowest BCUT2D eigenvalue weighted by Gasteiger charge is -2.21. The molecule has 4 nitrogen and oxygen atoms in total. The van der Waals surface area contributed by atoms with E-state index in [0.29, 0.717) is 12.3 Å². The number of aliphatic hydroxyl groups is 1. The van der Waals surface area contributed by atoms with Gasteiger partial charge in [-0.3, -0.25) is 4.79 Å². The number of hydrogen-bond donors (Lipinski definition) is 3. The van der Waals surface area contributed by atoms with Gasteiger partial charge >= 0.3 is 0 Å². The fraction of sp³-hybridized carbons (Fsp3) is 0.900. The van der Waals surface area contributed by atoms with Crippen LogP contribution in [-0.4, -0.2) is 23.8 Å². The molecule has 1 amide bonds. The molecular formula is C10H20N2O2. The van der Waals surface area contributed by atoms with Crippen molar-refractivity contribution in [2.45, 2.75) is 44.7 Å². The minimum Gasteiger partial charge on any atom is -0.393 e. The average Bonchev–Trinajstić information content (AvgIpc) is 2.19. The van der Waals surface area contributed by atoms with Crippen LogP contribution >= 0.6 is 0 Å². The van der Waals surface area contributed by atoms with Gasteiger partial charge < -0.3 is 16.2 Å². The SMILES string of the molecule is NC(CO)NC(=O)CC1CCCCC1. The Labute approximate surface area is 84.9 Å². The molecule has 14 heavy (non-hydrogen) atoms. The lowest BCUT2D eigenvalue weighted by Crippen LogP contribution is -2.44. The maximum atomic E-state index is 11.4. The third kappa shape index (κ3) is 4.07. The topological polar surface area (TPSA) is 75.3 Å². The minimum absolute atomic E-state index is 0.0292. The summed E-state index contributed by atoms with van der Waals surface area (Å²) in [6.07, 6.45) is 6.05. The van der Waals surface area contributed by atoms with Crippen molar-refractivity contribution in [2.75, 3.05) is 6.61 Å². The number of nitrogens with one attached hydrogen (secondary N) is 1. The Bertz CT molecular complexity index is 179. The lowest BCUT2D eigenvalue weighted by atomic mass is 9.87. The fourth-order valence-electron chi connectivity index (χ4n) is 1.96. The first-order chi connectivity index (χ1) is 6.72. The Morgan fingerprint density at radius 3 is 2.64 bits per heavy atom. The molecule has 0 saturated heterocycles. The molecule has 0 aromatic rings. The van der Waals surface area contributed by atoms with Crippen molar-refractivity contribution in [3.05, 3.63) is 0 Å². The molecule has 1 fully saturated rings. The second kappa shape index (κ2) is 5.98. The van der Waals surface area contributed by atoms with Crippen LogP contribution in [0.5, 0.6) is 0 Å². The van der Waals surface area contributed by atoms with Crippen LogP contribution < -0.4 is 11.1 Å². The summed E-state index contributed by atoms with van der Waals surface area (Å²) in [7, 11) is 0. The molecule has 0 aliphatic heterocycles. The van der Waals surface area contributed by atoms with Crippen LogP contribution in [0, 0.1) is 5.92 Å². The summed E-state index contributed by atoms with van der Waals surface area (Å²) in [5.41, 5.74) is 5.40. The highest BCUT2D eigenvalue weighted by Gasteiger charge is 2.17. The predicted molar refractivity (Wildman–Crippen MR) is 54.4 cm³/mol. The Kier molecular flexibility index (Phi) is 4.90. The van der Waals surface area contributed by atoms with Gasteiger partial charge in [0.1, 0.15) is 6.17 Å². The maximum Gasteiger partial charge on any atom is 0.221 e. The Balaban J connectivity index is 2.18. The summed E-state index contributed by atoms with van der Waals surface area (Å²) < 4.78 is 0. The van der Waals surface area contributed by atoms with Gasteiger partial charge in [-0.1, -0.05) is 19.3 Å². The second-order valence-electron chi connectivity index (χ2n) is 4.06. The highest BCUT2D eigenvalue weighted by molar-refractivity contribution is 5.76. The molecule has 0 aromatic heterocycles. The normalized spacial score (nSPS) is 20.4. The third-order valence-electron chi connectivity index (χ3n) is 2.74. The van der Waals surface area contributed by atoms with Gasteiger partial charge in [0.2, 0.25) is 5.91 Å². The van der Waals surface area contributed by atoms with E-state index in [0.717, 1.165) is 12.8 Å². The van der Waals surface area contributed by atoms with Gasteiger partial charge in [-0.15, -0.1) is 0 Å². The minimum atomic E-state index is -0.605. The highest BCUT2D eigenvalue weighted by atomic mass is 16.3. The van der Waals surface area contributed by atoms with Gasteiger partial charge in [-0.05, 0) is 18.8 Å². The van der Waals surface area contributed by atoms with E-state index in [4.69, 9.17) is 10.8 Å². The summed E-state index contributed by atoms with van der Waals surface area (Å²) in [5.74, 6) is 0.494. The van der Waals surface area contributed by atoms with Gasteiger partial charge in [-0.25, -0.2) is 0 Å². The van der Waals surface area contributed by atoms with Crippen LogP contribution in [0.1, 0.15) is 38.5 Å². The average molecular weight is 200 g/mol. The van der Waals surface area contributed by atoms with Crippen molar-refractivity contribution < 1.29 is 9.90 Å². The zero-order chi connectivity index (χ0) is 10.4. The van der Waals surface area contributed by atoms with Crippen LogP contribution in [0.2, 0.25) is 0 Å². The molecule has 0 spiro atoms. The molecule has 1 saturated carbocycles. The van der Waals surface area contributed by atoms with E-state index in [1.54, 1.807) is 0 Å². The summed E-state index contributed by atoms with van der Waals surface area (Å²) in [4.78, 5) is 11.4.